The van der Waals surface area contributed by atoms with Gasteiger partial charge in [-0.05, 0) is 44.1 Å². The van der Waals surface area contributed by atoms with Crippen molar-refractivity contribution in [1.29, 1.82) is 0 Å². The molecule has 21 heavy (non-hydrogen) atoms. The summed E-state index contributed by atoms with van der Waals surface area (Å²) in [6.07, 6.45) is 5.18. The molecule has 1 amide bonds. The Kier molecular flexibility index (Phi) is 3.47. The van der Waals surface area contributed by atoms with Gasteiger partial charge in [-0.1, -0.05) is 30.3 Å². The maximum atomic E-state index is 11.8. The van der Waals surface area contributed by atoms with Gasteiger partial charge in [-0.2, -0.15) is 0 Å². The molecule has 1 N–H and O–H groups in total. The van der Waals surface area contributed by atoms with E-state index in [9.17, 15) is 14.7 Å². The summed E-state index contributed by atoms with van der Waals surface area (Å²) in [5, 5.41) is 9.68. The summed E-state index contributed by atoms with van der Waals surface area (Å²) in [7, 11) is 0. The van der Waals surface area contributed by atoms with Crippen LogP contribution in [0.4, 0.5) is 4.79 Å². The highest BCUT2D eigenvalue weighted by molar-refractivity contribution is 5.67. The molecule has 112 valence electrons. The minimum absolute atomic E-state index is 0.168. The molecule has 1 aromatic rings. The van der Waals surface area contributed by atoms with Crippen molar-refractivity contribution >= 4 is 12.4 Å². The predicted octanol–water partition coefficient (Wildman–Crippen LogP) is 3.46. The lowest BCUT2D eigenvalue weighted by Gasteiger charge is -2.55. The van der Waals surface area contributed by atoms with Crippen molar-refractivity contribution in [2.75, 3.05) is 0 Å². The topological polar surface area (TPSA) is 57.6 Å². The molecule has 1 aromatic carbocycles. The molecule has 0 atom stereocenters. The molecule has 0 heterocycles. The number of carbonyl (C=O) groups excluding carboxylic acids is 1. The van der Waals surface area contributed by atoms with Crippen LogP contribution in [0.1, 0.15) is 44.1 Å². The van der Waals surface area contributed by atoms with E-state index in [1.165, 1.54) is 0 Å². The van der Waals surface area contributed by atoms with Crippen LogP contribution < -0.4 is 0 Å². The normalized spacial score (nSPS) is 30.9. The summed E-state index contributed by atoms with van der Waals surface area (Å²) >= 11 is 0. The monoisotopic (exact) mass is 287 g/mol. The van der Waals surface area contributed by atoms with Gasteiger partial charge >= 0.3 is 6.09 Å². The zero-order chi connectivity index (χ0) is 14.9. The number of amides is 1. The zero-order valence-corrected chi connectivity index (χ0v) is 12.1. The lowest BCUT2D eigenvalue weighted by molar-refractivity contribution is -0.126. The molecular formula is C17H21NO3. The molecule has 4 heteroatoms. The van der Waals surface area contributed by atoms with Crippen molar-refractivity contribution in [3.05, 3.63) is 35.9 Å². The number of hydrogen-bond acceptors (Lipinski definition) is 2. The molecule has 0 aromatic heterocycles. The maximum Gasteiger partial charge on any atom is 0.408 e. The van der Waals surface area contributed by atoms with Gasteiger partial charge in [0.05, 0.1) is 0 Å². The van der Waals surface area contributed by atoms with Crippen LogP contribution in [0, 0.1) is 5.41 Å². The first-order valence-corrected chi connectivity index (χ1v) is 7.60. The van der Waals surface area contributed by atoms with E-state index < -0.39 is 6.09 Å². The molecule has 0 radical (unpaired) electrons. The number of fused-ring (bicyclic) bond motifs is 3. The molecule has 0 aliphatic heterocycles. The van der Waals surface area contributed by atoms with E-state index in [4.69, 9.17) is 0 Å². The Morgan fingerprint density at radius 1 is 1.10 bits per heavy atom. The van der Waals surface area contributed by atoms with Crippen molar-refractivity contribution < 1.29 is 14.7 Å². The SMILES string of the molecule is O=CC12CCC(N(Cc3ccccc3)C(=O)O)(CC1)CC2. The van der Waals surface area contributed by atoms with Crippen LogP contribution in [0.15, 0.2) is 30.3 Å². The Bertz CT molecular complexity index is 516. The Hall–Kier alpha value is -1.84. The van der Waals surface area contributed by atoms with Crippen molar-refractivity contribution in [3.63, 3.8) is 0 Å². The van der Waals surface area contributed by atoms with Crippen LogP contribution in [0.3, 0.4) is 0 Å². The lowest BCUT2D eigenvalue weighted by atomic mass is 9.57. The molecule has 3 saturated carbocycles. The quantitative estimate of drug-likeness (QED) is 0.863. The largest absolute Gasteiger partial charge is 0.465 e. The number of rotatable bonds is 4. The van der Waals surface area contributed by atoms with Crippen molar-refractivity contribution in [3.8, 4) is 0 Å². The number of carbonyl (C=O) groups is 2. The molecule has 4 rings (SSSR count). The van der Waals surface area contributed by atoms with Crippen LogP contribution in [-0.2, 0) is 11.3 Å². The highest BCUT2D eigenvalue weighted by atomic mass is 16.4. The number of aldehydes is 1. The minimum Gasteiger partial charge on any atom is -0.465 e. The molecule has 0 saturated heterocycles. The van der Waals surface area contributed by atoms with Gasteiger partial charge < -0.3 is 9.90 Å². The van der Waals surface area contributed by atoms with Crippen LogP contribution in [0.5, 0.6) is 0 Å². The van der Waals surface area contributed by atoms with Crippen LogP contribution in [-0.4, -0.2) is 27.9 Å². The average molecular weight is 287 g/mol. The number of benzene rings is 1. The summed E-state index contributed by atoms with van der Waals surface area (Å²) < 4.78 is 0. The van der Waals surface area contributed by atoms with Crippen molar-refractivity contribution in [2.24, 2.45) is 5.41 Å². The Labute approximate surface area is 124 Å². The molecule has 3 fully saturated rings. The second kappa shape index (κ2) is 5.17. The first-order valence-electron chi connectivity index (χ1n) is 7.60. The molecule has 3 aliphatic rings. The Balaban J connectivity index is 1.82. The standard InChI is InChI=1S/C17H21NO3/c19-13-16-6-9-17(10-7-16,11-8-16)18(15(20)21)12-14-4-2-1-3-5-14/h1-5,13H,6-12H2,(H,20,21). The Morgan fingerprint density at radius 3 is 2.14 bits per heavy atom. The highest BCUT2D eigenvalue weighted by Gasteiger charge is 2.52. The maximum absolute atomic E-state index is 11.8. The van der Waals surface area contributed by atoms with Gasteiger partial charge in [0, 0.05) is 17.5 Å². The van der Waals surface area contributed by atoms with Crippen LogP contribution in [0.2, 0.25) is 0 Å². The fourth-order valence-electron chi connectivity index (χ4n) is 3.98. The summed E-state index contributed by atoms with van der Waals surface area (Å²) in [6.45, 7) is 0.435. The van der Waals surface area contributed by atoms with E-state index in [2.05, 4.69) is 0 Å². The van der Waals surface area contributed by atoms with Gasteiger partial charge in [-0.25, -0.2) is 4.79 Å². The summed E-state index contributed by atoms with van der Waals surface area (Å²) in [5.74, 6) is 0. The number of nitrogens with zero attached hydrogens (tertiary/aromatic N) is 1. The second-order valence-corrected chi connectivity index (χ2v) is 6.56. The van der Waals surface area contributed by atoms with Gasteiger partial charge in [-0.15, -0.1) is 0 Å². The fraction of sp³-hybridized carbons (Fsp3) is 0.529. The zero-order valence-electron chi connectivity index (χ0n) is 12.1. The summed E-state index contributed by atoms with van der Waals surface area (Å²) in [5.41, 5.74) is 0.581. The van der Waals surface area contributed by atoms with E-state index >= 15 is 0 Å². The van der Waals surface area contributed by atoms with Crippen molar-refractivity contribution in [2.45, 2.75) is 50.6 Å². The van der Waals surface area contributed by atoms with E-state index in [1.54, 1.807) is 4.90 Å². The smallest absolute Gasteiger partial charge is 0.408 e. The van der Waals surface area contributed by atoms with E-state index in [0.717, 1.165) is 50.4 Å². The lowest BCUT2D eigenvalue weighted by Crippen LogP contribution is -2.58. The van der Waals surface area contributed by atoms with Gasteiger partial charge in [-0.3, -0.25) is 4.90 Å². The van der Waals surface area contributed by atoms with Crippen LogP contribution >= 0.6 is 0 Å². The number of carboxylic acid groups (broad SMARTS) is 1. The van der Waals surface area contributed by atoms with E-state index in [0.29, 0.717) is 6.54 Å². The fourth-order valence-corrected chi connectivity index (χ4v) is 3.98. The molecule has 0 unspecified atom stereocenters. The summed E-state index contributed by atoms with van der Waals surface area (Å²) in [6, 6.07) is 9.74. The van der Waals surface area contributed by atoms with E-state index in [-0.39, 0.29) is 11.0 Å². The first-order chi connectivity index (χ1) is 10.1. The molecular weight excluding hydrogens is 266 g/mol. The van der Waals surface area contributed by atoms with Gasteiger partial charge in [0.15, 0.2) is 0 Å². The number of hydrogen-bond donors (Lipinski definition) is 1. The third-order valence-corrected chi connectivity index (χ3v) is 5.50. The van der Waals surface area contributed by atoms with E-state index in [1.807, 2.05) is 30.3 Å². The predicted molar refractivity (Wildman–Crippen MR) is 78.9 cm³/mol. The van der Waals surface area contributed by atoms with Gasteiger partial charge in [0.25, 0.3) is 0 Å². The third-order valence-electron chi connectivity index (χ3n) is 5.50. The molecule has 0 spiro atoms. The summed E-state index contributed by atoms with van der Waals surface area (Å²) in [4.78, 5) is 24.7. The van der Waals surface area contributed by atoms with Gasteiger partial charge in [0.2, 0.25) is 0 Å². The third kappa shape index (κ3) is 2.43. The van der Waals surface area contributed by atoms with Crippen LogP contribution in [0.25, 0.3) is 0 Å². The first kappa shape index (κ1) is 14.1. The second-order valence-electron chi connectivity index (χ2n) is 6.56. The highest BCUT2D eigenvalue weighted by Crippen LogP contribution is 2.53. The Morgan fingerprint density at radius 2 is 1.67 bits per heavy atom. The molecule has 2 bridgehead atoms. The molecule has 4 nitrogen and oxygen atoms in total. The van der Waals surface area contributed by atoms with Crippen molar-refractivity contribution in [1.82, 2.24) is 4.90 Å². The van der Waals surface area contributed by atoms with Gasteiger partial charge in [0.1, 0.15) is 6.29 Å². The minimum atomic E-state index is -0.848. The average Bonchev–Trinajstić information content (AvgIpc) is 2.55. The molecule has 3 aliphatic carbocycles.